The molecule has 5 nitrogen and oxygen atoms in total. The van der Waals surface area contributed by atoms with E-state index in [4.69, 9.17) is 4.74 Å². The van der Waals surface area contributed by atoms with E-state index in [-0.39, 0.29) is 5.69 Å². The highest BCUT2D eigenvalue weighted by atomic mass is 16.5. The van der Waals surface area contributed by atoms with Crippen LogP contribution in [0.2, 0.25) is 0 Å². The Morgan fingerprint density at radius 2 is 1.85 bits per heavy atom. The first-order valence-corrected chi connectivity index (χ1v) is 6.17. The lowest BCUT2D eigenvalue weighted by Gasteiger charge is -2.11. The number of carbonyl (C=O) groups excluding carboxylic acids is 1. The minimum atomic E-state index is -0.522. The first kappa shape index (κ1) is 14.0. The van der Waals surface area contributed by atoms with Crippen LogP contribution in [-0.4, -0.2) is 23.0 Å². The predicted molar refractivity (Wildman–Crippen MR) is 74.1 cm³/mol. The zero-order valence-electron chi connectivity index (χ0n) is 11.9. The summed E-state index contributed by atoms with van der Waals surface area (Å²) in [5, 5.41) is 0. The molecule has 0 saturated carbocycles. The van der Waals surface area contributed by atoms with E-state index in [9.17, 15) is 4.79 Å². The molecule has 1 heterocycles. The van der Waals surface area contributed by atoms with Crippen LogP contribution in [0.25, 0.3) is 0 Å². The molecule has 0 radical (unpaired) electrons. The van der Waals surface area contributed by atoms with Gasteiger partial charge in [-0.05, 0) is 43.5 Å². The van der Waals surface area contributed by atoms with Crippen molar-refractivity contribution in [3.63, 3.8) is 0 Å². The number of aromatic nitrogens is 2. The molecule has 2 aromatic rings. The van der Waals surface area contributed by atoms with Crippen molar-refractivity contribution in [1.29, 1.82) is 0 Å². The van der Waals surface area contributed by atoms with E-state index in [1.54, 1.807) is 0 Å². The number of methoxy groups -OCH3 is 1. The normalized spacial score (nSPS) is 10.2. The maximum Gasteiger partial charge on any atom is 0.358 e. The summed E-state index contributed by atoms with van der Waals surface area (Å²) in [4.78, 5) is 19.3. The van der Waals surface area contributed by atoms with Crippen molar-refractivity contribution in [1.82, 2.24) is 9.97 Å². The average Bonchev–Trinajstić information content (AvgIpc) is 2.44. The van der Waals surface area contributed by atoms with Crippen LogP contribution in [0.5, 0.6) is 11.6 Å². The molecular weight excluding hydrogens is 256 g/mol. The molecule has 0 amide bonds. The molecule has 0 spiro atoms. The molecule has 0 saturated heterocycles. The smallest absolute Gasteiger partial charge is 0.358 e. The number of carbonyl (C=O) groups is 1. The summed E-state index contributed by atoms with van der Waals surface area (Å²) in [5.41, 5.74) is 3.47. The highest BCUT2D eigenvalue weighted by molar-refractivity contribution is 5.86. The minimum absolute atomic E-state index is 0.150. The number of hydrogen-bond donors (Lipinski definition) is 0. The molecule has 0 fully saturated rings. The van der Waals surface area contributed by atoms with Gasteiger partial charge in [0.1, 0.15) is 5.75 Å². The van der Waals surface area contributed by atoms with Crippen molar-refractivity contribution in [3.05, 3.63) is 46.9 Å². The molecular formula is C15H16N2O3. The van der Waals surface area contributed by atoms with Crippen molar-refractivity contribution in [3.8, 4) is 11.6 Å². The van der Waals surface area contributed by atoms with Gasteiger partial charge in [0.05, 0.1) is 19.5 Å². The van der Waals surface area contributed by atoms with E-state index in [1.807, 2.05) is 26.8 Å². The van der Waals surface area contributed by atoms with Crippen molar-refractivity contribution in [2.75, 3.05) is 7.11 Å². The quantitative estimate of drug-likeness (QED) is 0.804. The van der Waals surface area contributed by atoms with Crippen molar-refractivity contribution in [2.24, 2.45) is 0 Å². The van der Waals surface area contributed by atoms with Crippen molar-refractivity contribution < 1.29 is 14.3 Å². The van der Waals surface area contributed by atoms with Crippen LogP contribution in [0.1, 0.15) is 27.2 Å². The lowest BCUT2D eigenvalue weighted by atomic mass is 10.1. The van der Waals surface area contributed by atoms with Gasteiger partial charge >= 0.3 is 5.97 Å². The third kappa shape index (κ3) is 2.93. The van der Waals surface area contributed by atoms with E-state index < -0.39 is 5.97 Å². The largest absolute Gasteiger partial charge is 0.464 e. The SMILES string of the molecule is COC(=O)c1cnc(Oc2cc(C)cc(C)c2C)cn1. The summed E-state index contributed by atoms with van der Waals surface area (Å²) in [6, 6.07) is 4.03. The van der Waals surface area contributed by atoms with Crippen molar-refractivity contribution in [2.45, 2.75) is 20.8 Å². The summed E-state index contributed by atoms with van der Waals surface area (Å²) < 4.78 is 10.3. The van der Waals surface area contributed by atoms with Crippen LogP contribution < -0.4 is 4.74 Å². The van der Waals surface area contributed by atoms with Gasteiger partial charge in [0.15, 0.2) is 5.69 Å². The summed E-state index contributed by atoms with van der Waals surface area (Å²) in [6.45, 7) is 6.02. The van der Waals surface area contributed by atoms with Gasteiger partial charge in [-0.2, -0.15) is 0 Å². The third-order valence-electron chi connectivity index (χ3n) is 3.00. The number of esters is 1. The summed E-state index contributed by atoms with van der Waals surface area (Å²) in [6.07, 6.45) is 2.74. The molecule has 0 aliphatic rings. The highest BCUT2D eigenvalue weighted by Gasteiger charge is 2.10. The van der Waals surface area contributed by atoms with Gasteiger partial charge in [-0.3, -0.25) is 0 Å². The lowest BCUT2D eigenvalue weighted by Crippen LogP contribution is -2.05. The van der Waals surface area contributed by atoms with Gasteiger partial charge in [-0.1, -0.05) is 6.07 Å². The van der Waals surface area contributed by atoms with Crippen LogP contribution in [0.4, 0.5) is 0 Å². The molecule has 0 aliphatic heterocycles. The van der Waals surface area contributed by atoms with Gasteiger partial charge in [0.25, 0.3) is 0 Å². The molecule has 20 heavy (non-hydrogen) atoms. The fourth-order valence-corrected chi connectivity index (χ4v) is 1.80. The van der Waals surface area contributed by atoms with E-state index >= 15 is 0 Å². The molecule has 104 valence electrons. The maximum atomic E-state index is 11.3. The summed E-state index contributed by atoms with van der Waals surface area (Å²) >= 11 is 0. The first-order valence-electron chi connectivity index (χ1n) is 6.17. The van der Waals surface area contributed by atoms with E-state index in [0.29, 0.717) is 5.88 Å². The van der Waals surface area contributed by atoms with E-state index in [0.717, 1.165) is 22.4 Å². The van der Waals surface area contributed by atoms with Crippen LogP contribution in [-0.2, 0) is 4.74 Å². The molecule has 2 rings (SSSR count). The Kier molecular flexibility index (Phi) is 3.98. The maximum absolute atomic E-state index is 11.3. The highest BCUT2D eigenvalue weighted by Crippen LogP contribution is 2.27. The Morgan fingerprint density at radius 1 is 1.10 bits per heavy atom. The van der Waals surface area contributed by atoms with Crippen LogP contribution in [0, 0.1) is 20.8 Å². The fraction of sp³-hybridized carbons (Fsp3) is 0.267. The molecule has 1 aromatic heterocycles. The van der Waals surface area contributed by atoms with Gasteiger partial charge in [-0.15, -0.1) is 0 Å². The molecule has 0 aliphatic carbocycles. The fourth-order valence-electron chi connectivity index (χ4n) is 1.80. The second kappa shape index (κ2) is 5.69. The number of rotatable bonds is 3. The number of ether oxygens (including phenoxy) is 2. The third-order valence-corrected chi connectivity index (χ3v) is 3.00. The van der Waals surface area contributed by atoms with Crippen LogP contribution >= 0.6 is 0 Å². The number of hydrogen-bond acceptors (Lipinski definition) is 5. The number of benzene rings is 1. The Morgan fingerprint density at radius 3 is 2.45 bits per heavy atom. The number of aryl methyl sites for hydroxylation is 2. The molecule has 0 atom stereocenters. The monoisotopic (exact) mass is 272 g/mol. The standard InChI is InChI=1S/C15H16N2O3/c1-9-5-10(2)11(3)13(6-9)20-14-8-16-12(7-17-14)15(18)19-4/h5-8H,1-4H3. The van der Waals surface area contributed by atoms with Gasteiger partial charge in [0.2, 0.25) is 5.88 Å². The van der Waals surface area contributed by atoms with Crippen molar-refractivity contribution >= 4 is 5.97 Å². The molecule has 5 heteroatoms. The predicted octanol–water partition coefficient (Wildman–Crippen LogP) is 2.98. The average molecular weight is 272 g/mol. The zero-order chi connectivity index (χ0) is 14.7. The van der Waals surface area contributed by atoms with Gasteiger partial charge in [-0.25, -0.2) is 14.8 Å². The van der Waals surface area contributed by atoms with E-state index in [1.165, 1.54) is 19.5 Å². The van der Waals surface area contributed by atoms with Crippen LogP contribution in [0.3, 0.4) is 0 Å². The minimum Gasteiger partial charge on any atom is -0.464 e. The Balaban J connectivity index is 2.24. The lowest BCUT2D eigenvalue weighted by molar-refractivity contribution is 0.0593. The Hall–Kier alpha value is -2.43. The Labute approximate surface area is 117 Å². The zero-order valence-corrected chi connectivity index (χ0v) is 11.9. The second-order valence-corrected chi connectivity index (χ2v) is 4.54. The Bertz CT molecular complexity index is 636. The molecule has 0 N–H and O–H groups in total. The van der Waals surface area contributed by atoms with Gasteiger partial charge in [0, 0.05) is 0 Å². The topological polar surface area (TPSA) is 61.3 Å². The molecule has 0 unspecified atom stereocenters. The summed E-state index contributed by atoms with van der Waals surface area (Å²) in [5.74, 6) is 0.556. The summed E-state index contributed by atoms with van der Waals surface area (Å²) in [7, 11) is 1.30. The number of nitrogens with zero attached hydrogens (tertiary/aromatic N) is 2. The van der Waals surface area contributed by atoms with Gasteiger partial charge < -0.3 is 9.47 Å². The first-order chi connectivity index (χ1) is 9.51. The van der Waals surface area contributed by atoms with E-state index in [2.05, 4.69) is 20.8 Å². The van der Waals surface area contributed by atoms with Crippen LogP contribution in [0.15, 0.2) is 24.5 Å². The second-order valence-electron chi connectivity index (χ2n) is 4.54. The molecule has 0 bridgehead atoms. The molecule has 1 aromatic carbocycles.